The van der Waals surface area contributed by atoms with E-state index in [1.807, 2.05) is 13.0 Å². The van der Waals surface area contributed by atoms with Crippen molar-refractivity contribution in [2.75, 3.05) is 0 Å². The maximum atomic E-state index is 10.7. The van der Waals surface area contributed by atoms with E-state index in [9.17, 15) is 15.2 Å². The predicted molar refractivity (Wildman–Crippen MR) is 62.7 cm³/mol. The second-order valence-electron chi connectivity index (χ2n) is 3.65. The van der Waals surface area contributed by atoms with Crippen molar-refractivity contribution in [1.29, 1.82) is 0 Å². The number of nitrogens with zero attached hydrogens (tertiary/aromatic N) is 2. The summed E-state index contributed by atoms with van der Waals surface area (Å²) in [6.07, 6.45) is 3.30. The molecule has 0 aliphatic rings. The Morgan fingerprint density at radius 3 is 2.76 bits per heavy atom. The molecular weight excluding hydrogens is 220 g/mol. The van der Waals surface area contributed by atoms with Gasteiger partial charge in [-0.05, 0) is 30.2 Å². The predicted octanol–water partition coefficient (Wildman–Crippen LogP) is 2.67. The average molecular weight is 230 g/mol. The third-order valence-electron chi connectivity index (χ3n) is 2.52. The fourth-order valence-electron chi connectivity index (χ4n) is 1.60. The maximum Gasteiger partial charge on any atom is 0.311 e. The summed E-state index contributed by atoms with van der Waals surface area (Å²) in [4.78, 5) is 14.1. The molecule has 0 aliphatic carbocycles. The molecule has 1 aromatic heterocycles. The first-order chi connectivity index (χ1) is 8.09. The van der Waals surface area contributed by atoms with Gasteiger partial charge in [-0.15, -0.1) is 0 Å². The number of nitro groups is 1. The molecule has 0 saturated heterocycles. The molecule has 17 heavy (non-hydrogen) atoms. The van der Waals surface area contributed by atoms with E-state index < -0.39 is 4.92 Å². The van der Waals surface area contributed by atoms with Crippen LogP contribution >= 0.6 is 0 Å². The molecule has 2 aromatic rings. The van der Waals surface area contributed by atoms with Crippen molar-refractivity contribution >= 4 is 5.69 Å². The van der Waals surface area contributed by atoms with Crippen molar-refractivity contribution in [3.05, 3.63) is 52.3 Å². The summed E-state index contributed by atoms with van der Waals surface area (Å²) in [5.74, 6) is -0.333. The van der Waals surface area contributed by atoms with Crippen LogP contribution in [0.2, 0.25) is 0 Å². The van der Waals surface area contributed by atoms with Crippen LogP contribution in [0.15, 0.2) is 36.7 Å². The molecule has 0 unspecified atom stereocenters. The Morgan fingerprint density at radius 2 is 2.12 bits per heavy atom. The fraction of sp³-hybridized carbons (Fsp3) is 0.0833. The quantitative estimate of drug-likeness (QED) is 0.635. The number of benzene rings is 1. The first kappa shape index (κ1) is 11.1. The summed E-state index contributed by atoms with van der Waals surface area (Å²) in [5, 5.41) is 20.1. The Morgan fingerprint density at radius 1 is 1.35 bits per heavy atom. The zero-order chi connectivity index (χ0) is 12.4. The summed E-state index contributed by atoms with van der Waals surface area (Å²) in [5.41, 5.74) is 2.15. The molecule has 0 aliphatic heterocycles. The van der Waals surface area contributed by atoms with Gasteiger partial charge in [-0.1, -0.05) is 6.07 Å². The van der Waals surface area contributed by atoms with E-state index in [1.165, 1.54) is 12.1 Å². The molecule has 0 amide bonds. The van der Waals surface area contributed by atoms with Gasteiger partial charge in [-0.25, -0.2) is 0 Å². The second kappa shape index (κ2) is 4.21. The molecular formula is C12H10N2O3. The highest BCUT2D eigenvalue weighted by molar-refractivity contribution is 5.70. The van der Waals surface area contributed by atoms with Crippen LogP contribution in [-0.2, 0) is 0 Å². The molecule has 5 heteroatoms. The average Bonchev–Trinajstić information content (AvgIpc) is 2.30. The van der Waals surface area contributed by atoms with Crippen molar-refractivity contribution in [1.82, 2.24) is 4.98 Å². The SMILES string of the molecule is Cc1ccncc1-c1ccc(O)c([N+](=O)[O-])c1. The Kier molecular flexibility index (Phi) is 2.74. The molecule has 1 heterocycles. The van der Waals surface area contributed by atoms with Crippen LogP contribution in [0.4, 0.5) is 5.69 Å². The molecule has 0 bridgehead atoms. The summed E-state index contributed by atoms with van der Waals surface area (Å²) in [7, 11) is 0. The number of pyridine rings is 1. The number of hydrogen-bond acceptors (Lipinski definition) is 4. The van der Waals surface area contributed by atoms with Crippen LogP contribution in [0.3, 0.4) is 0 Å². The number of aromatic hydroxyl groups is 1. The number of hydrogen-bond donors (Lipinski definition) is 1. The second-order valence-corrected chi connectivity index (χ2v) is 3.65. The van der Waals surface area contributed by atoms with Crippen LogP contribution in [0, 0.1) is 17.0 Å². The highest BCUT2D eigenvalue weighted by Gasteiger charge is 2.14. The van der Waals surface area contributed by atoms with E-state index in [2.05, 4.69) is 4.98 Å². The van der Waals surface area contributed by atoms with E-state index in [1.54, 1.807) is 18.5 Å². The molecule has 0 fully saturated rings. The molecule has 0 radical (unpaired) electrons. The van der Waals surface area contributed by atoms with Crippen LogP contribution in [0.5, 0.6) is 5.75 Å². The molecule has 1 aromatic carbocycles. The van der Waals surface area contributed by atoms with Crippen LogP contribution in [0.1, 0.15) is 5.56 Å². The van der Waals surface area contributed by atoms with E-state index in [4.69, 9.17) is 0 Å². The van der Waals surface area contributed by atoms with Crippen molar-refractivity contribution in [3.63, 3.8) is 0 Å². The monoisotopic (exact) mass is 230 g/mol. The Balaban J connectivity index is 2.58. The lowest BCUT2D eigenvalue weighted by atomic mass is 10.0. The van der Waals surface area contributed by atoms with Gasteiger partial charge in [0.25, 0.3) is 0 Å². The Hall–Kier alpha value is -2.43. The van der Waals surface area contributed by atoms with Gasteiger partial charge in [0.2, 0.25) is 0 Å². The van der Waals surface area contributed by atoms with Gasteiger partial charge in [0, 0.05) is 24.0 Å². The first-order valence-electron chi connectivity index (χ1n) is 4.98. The van der Waals surface area contributed by atoms with E-state index in [0.29, 0.717) is 5.56 Å². The minimum atomic E-state index is -0.607. The maximum absolute atomic E-state index is 10.7. The van der Waals surface area contributed by atoms with Crippen LogP contribution < -0.4 is 0 Å². The van der Waals surface area contributed by atoms with Gasteiger partial charge < -0.3 is 5.11 Å². The van der Waals surface area contributed by atoms with Crippen molar-refractivity contribution in [2.45, 2.75) is 6.92 Å². The largest absolute Gasteiger partial charge is 0.502 e. The van der Waals surface area contributed by atoms with Gasteiger partial charge in [0.1, 0.15) is 0 Å². The number of aromatic nitrogens is 1. The summed E-state index contributed by atoms with van der Waals surface area (Å²) in [6, 6.07) is 6.12. The fourth-order valence-corrected chi connectivity index (χ4v) is 1.60. The molecule has 2 rings (SSSR count). The van der Waals surface area contributed by atoms with E-state index in [0.717, 1.165) is 11.1 Å². The van der Waals surface area contributed by atoms with Gasteiger partial charge in [0.05, 0.1) is 4.92 Å². The van der Waals surface area contributed by atoms with E-state index >= 15 is 0 Å². The van der Waals surface area contributed by atoms with Gasteiger partial charge in [-0.2, -0.15) is 0 Å². The number of aryl methyl sites for hydroxylation is 1. The van der Waals surface area contributed by atoms with Gasteiger partial charge in [-0.3, -0.25) is 15.1 Å². The molecule has 0 saturated carbocycles. The first-order valence-corrected chi connectivity index (χ1v) is 4.98. The zero-order valence-electron chi connectivity index (χ0n) is 9.12. The number of rotatable bonds is 2. The summed E-state index contributed by atoms with van der Waals surface area (Å²) >= 11 is 0. The van der Waals surface area contributed by atoms with Gasteiger partial charge in [0.15, 0.2) is 5.75 Å². The lowest BCUT2D eigenvalue weighted by Gasteiger charge is -2.05. The topological polar surface area (TPSA) is 76.3 Å². The third kappa shape index (κ3) is 2.08. The summed E-state index contributed by atoms with van der Waals surface area (Å²) < 4.78 is 0. The third-order valence-corrected chi connectivity index (χ3v) is 2.52. The lowest BCUT2D eigenvalue weighted by molar-refractivity contribution is -0.385. The molecule has 0 atom stereocenters. The van der Waals surface area contributed by atoms with E-state index in [-0.39, 0.29) is 11.4 Å². The van der Waals surface area contributed by atoms with Crippen molar-refractivity contribution in [3.8, 4) is 16.9 Å². The molecule has 5 nitrogen and oxygen atoms in total. The van der Waals surface area contributed by atoms with Gasteiger partial charge >= 0.3 is 5.69 Å². The lowest BCUT2D eigenvalue weighted by Crippen LogP contribution is -1.90. The minimum Gasteiger partial charge on any atom is -0.502 e. The molecule has 1 N–H and O–H groups in total. The molecule has 0 spiro atoms. The smallest absolute Gasteiger partial charge is 0.311 e. The van der Waals surface area contributed by atoms with Crippen LogP contribution in [-0.4, -0.2) is 15.0 Å². The standard InChI is InChI=1S/C12H10N2O3/c1-8-4-5-13-7-10(8)9-2-3-12(15)11(6-9)14(16)17/h2-7,15H,1H3. The van der Waals surface area contributed by atoms with Crippen molar-refractivity contribution < 1.29 is 10.0 Å². The highest BCUT2D eigenvalue weighted by atomic mass is 16.6. The Labute approximate surface area is 97.5 Å². The van der Waals surface area contributed by atoms with Crippen molar-refractivity contribution in [2.24, 2.45) is 0 Å². The number of phenols is 1. The number of nitro benzene ring substituents is 1. The number of phenolic OH excluding ortho intramolecular Hbond substituents is 1. The Bertz CT molecular complexity index is 582. The zero-order valence-corrected chi connectivity index (χ0v) is 9.12. The normalized spacial score (nSPS) is 10.2. The minimum absolute atomic E-state index is 0.300. The highest BCUT2D eigenvalue weighted by Crippen LogP contribution is 2.32. The van der Waals surface area contributed by atoms with Crippen LogP contribution in [0.25, 0.3) is 11.1 Å². The summed E-state index contributed by atoms with van der Waals surface area (Å²) in [6.45, 7) is 1.90. The molecule has 86 valence electrons.